The van der Waals surface area contributed by atoms with Crippen LogP contribution >= 0.6 is 0 Å². The monoisotopic (exact) mass is 1030 g/mol. The number of hydrogen-bond donors (Lipinski definition) is 3. The molecule has 73 heavy (non-hydrogen) atoms. The summed E-state index contributed by atoms with van der Waals surface area (Å²) in [4.78, 5) is 51.1. The molecule has 1 heterocycles. The highest BCUT2D eigenvalue weighted by Gasteiger charge is 2.50. The number of aliphatic hydroxyl groups is 2. The second kappa shape index (κ2) is 49.6. The molecule has 1 aliphatic heterocycles. The Bertz CT molecular complexity index is 1460. The number of carboxylic acid groups (broad SMARTS) is 1. The summed E-state index contributed by atoms with van der Waals surface area (Å²) in [5.41, 5.74) is 0. The van der Waals surface area contributed by atoms with Crippen molar-refractivity contribution in [2.24, 2.45) is 0 Å². The van der Waals surface area contributed by atoms with Crippen molar-refractivity contribution >= 4 is 23.9 Å². The number of carbonyl (C=O) groups is 4. The number of allylic oxidation sites excluding steroid dienone is 8. The molecule has 0 spiro atoms. The van der Waals surface area contributed by atoms with E-state index >= 15 is 0 Å². The Morgan fingerprint density at radius 3 is 1.32 bits per heavy atom. The number of hydrogen-bond acceptors (Lipinski definition) is 11. The zero-order valence-electron chi connectivity index (χ0n) is 46.4. The molecule has 1 saturated heterocycles. The molecule has 0 bridgehead atoms. The van der Waals surface area contributed by atoms with E-state index in [9.17, 15) is 34.5 Å². The number of ether oxygens (including phenoxy) is 5. The highest BCUT2D eigenvalue weighted by Crippen LogP contribution is 2.26. The van der Waals surface area contributed by atoms with E-state index in [0.29, 0.717) is 19.3 Å². The van der Waals surface area contributed by atoms with Crippen LogP contribution in [0.3, 0.4) is 0 Å². The molecule has 1 aliphatic rings. The fourth-order valence-electron chi connectivity index (χ4n) is 8.89. The first-order valence-electron chi connectivity index (χ1n) is 29.6. The smallest absolute Gasteiger partial charge is 0.335 e. The predicted molar refractivity (Wildman–Crippen MR) is 294 cm³/mol. The van der Waals surface area contributed by atoms with Crippen molar-refractivity contribution in [3.63, 3.8) is 0 Å². The third-order valence-electron chi connectivity index (χ3n) is 13.4. The number of esters is 3. The molecule has 0 aromatic heterocycles. The van der Waals surface area contributed by atoms with Gasteiger partial charge >= 0.3 is 23.9 Å². The lowest BCUT2D eigenvalue weighted by molar-refractivity contribution is -0.301. The molecular formula is C61H106O12. The van der Waals surface area contributed by atoms with Crippen molar-refractivity contribution in [3.8, 4) is 0 Å². The summed E-state index contributed by atoms with van der Waals surface area (Å²) >= 11 is 0. The molecule has 422 valence electrons. The van der Waals surface area contributed by atoms with Gasteiger partial charge in [-0.2, -0.15) is 0 Å². The fourth-order valence-corrected chi connectivity index (χ4v) is 8.89. The number of rotatable bonds is 50. The Balaban J connectivity index is 2.70. The maximum atomic E-state index is 13.1. The number of aliphatic hydroxyl groups excluding tert-OH is 2. The van der Waals surface area contributed by atoms with E-state index in [1.54, 1.807) is 0 Å². The summed E-state index contributed by atoms with van der Waals surface area (Å²) in [5, 5.41) is 31.4. The molecule has 0 amide bonds. The van der Waals surface area contributed by atoms with Crippen molar-refractivity contribution in [1.29, 1.82) is 0 Å². The van der Waals surface area contributed by atoms with E-state index in [0.717, 1.165) is 96.3 Å². The molecule has 1 fully saturated rings. The van der Waals surface area contributed by atoms with E-state index in [4.69, 9.17) is 23.7 Å². The number of aliphatic carboxylic acids is 1. The van der Waals surface area contributed by atoms with Crippen LogP contribution in [0.5, 0.6) is 0 Å². The summed E-state index contributed by atoms with van der Waals surface area (Å²) in [5.74, 6) is -3.13. The Hall–Kier alpha value is -3.32. The lowest BCUT2D eigenvalue weighted by atomic mass is 9.98. The summed E-state index contributed by atoms with van der Waals surface area (Å²) in [6.07, 6.45) is 46.6. The topological polar surface area (TPSA) is 175 Å². The lowest BCUT2D eigenvalue weighted by Crippen LogP contribution is -2.61. The van der Waals surface area contributed by atoms with Crippen LogP contribution in [0, 0.1) is 0 Å². The first kappa shape index (κ1) is 67.7. The quantitative estimate of drug-likeness (QED) is 0.0228. The number of carboxylic acids is 1. The molecule has 6 unspecified atom stereocenters. The Morgan fingerprint density at radius 2 is 0.863 bits per heavy atom. The molecule has 12 heteroatoms. The van der Waals surface area contributed by atoms with Crippen LogP contribution in [-0.4, -0.2) is 89.2 Å². The minimum absolute atomic E-state index is 0.0617. The SMILES string of the molecule is CC/C=C\C/C=C\C/C=C\C/C=C\CCCCCCC(=O)OCC(COC1OC(C(=O)O)C(O)C(O)C1OC(=O)CCCCCCCCCCCCC)OC(=O)CCCCCCCCCCCCCCCCC. The average molecular weight is 1030 g/mol. The van der Waals surface area contributed by atoms with Gasteiger partial charge in [0, 0.05) is 19.3 Å². The summed E-state index contributed by atoms with van der Waals surface area (Å²) < 4.78 is 28.4. The van der Waals surface area contributed by atoms with Gasteiger partial charge in [0.1, 0.15) is 18.8 Å². The van der Waals surface area contributed by atoms with Gasteiger partial charge in [-0.05, 0) is 57.8 Å². The second-order valence-corrected chi connectivity index (χ2v) is 20.3. The van der Waals surface area contributed by atoms with Crippen molar-refractivity contribution in [2.75, 3.05) is 13.2 Å². The summed E-state index contributed by atoms with van der Waals surface area (Å²) in [6.45, 7) is 5.86. The van der Waals surface area contributed by atoms with Gasteiger partial charge in [0.15, 0.2) is 24.6 Å². The van der Waals surface area contributed by atoms with Gasteiger partial charge in [-0.15, -0.1) is 0 Å². The zero-order chi connectivity index (χ0) is 53.3. The van der Waals surface area contributed by atoms with E-state index in [-0.39, 0.29) is 25.9 Å². The summed E-state index contributed by atoms with van der Waals surface area (Å²) in [6, 6.07) is 0. The molecule has 6 atom stereocenters. The first-order chi connectivity index (χ1) is 35.6. The van der Waals surface area contributed by atoms with Gasteiger partial charge in [0.25, 0.3) is 0 Å². The van der Waals surface area contributed by atoms with Crippen molar-refractivity contribution < 1.29 is 58.2 Å². The minimum Gasteiger partial charge on any atom is -0.479 e. The maximum Gasteiger partial charge on any atom is 0.335 e. The van der Waals surface area contributed by atoms with Crippen LogP contribution in [0.2, 0.25) is 0 Å². The maximum absolute atomic E-state index is 13.1. The minimum atomic E-state index is -1.90. The highest BCUT2D eigenvalue weighted by atomic mass is 16.7. The summed E-state index contributed by atoms with van der Waals surface area (Å²) in [7, 11) is 0. The van der Waals surface area contributed by atoms with Gasteiger partial charge in [-0.3, -0.25) is 14.4 Å². The van der Waals surface area contributed by atoms with Crippen LogP contribution in [0.15, 0.2) is 48.6 Å². The molecule has 0 aliphatic carbocycles. The Kier molecular flexibility index (Phi) is 45.9. The second-order valence-electron chi connectivity index (χ2n) is 20.3. The van der Waals surface area contributed by atoms with Gasteiger partial charge in [0.2, 0.25) is 0 Å². The van der Waals surface area contributed by atoms with Gasteiger partial charge in [0.05, 0.1) is 6.61 Å². The van der Waals surface area contributed by atoms with E-state index in [1.807, 2.05) is 0 Å². The van der Waals surface area contributed by atoms with Gasteiger partial charge < -0.3 is 39.0 Å². The molecule has 3 N–H and O–H groups in total. The fraction of sp³-hybridized carbons (Fsp3) is 0.803. The number of unbranched alkanes of at least 4 members (excludes halogenated alkanes) is 28. The Labute approximate surface area is 443 Å². The first-order valence-corrected chi connectivity index (χ1v) is 29.6. The largest absolute Gasteiger partial charge is 0.479 e. The molecule has 0 radical (unpaired) electrons. The standard InChI is InChI=1S/C61H106O12/c1-4-7-10-13-16-19-22-24-26-27-29-30-33-35-38-41-44-47-53(62)69-50-52(71-54(63)48-45-42-39-37-34-31-28-25-23-20-17-14-11-8-5-2)51-70-61-59(57(66)56(65)58(73-61)60(67)68)72-55(64)49-46-43-40-36-32-21-18-15-12-9-6-3/h7,10,16,19,24,26,29-30,52,56-59,61,65-66H,4-6,8-9,11-15,17-18,20-23,25,27-28,31-51H2,1-3H3,(H,67,68)/b10-7-,19-16-,26-24-,30-29-. The van der Waals surface area contributed by atoms with Crippen LogP contribution in [0.25, 0.3) is 0 Å². The highest BCUT2D eigenvalue weighted by molar-refractivity contribution is 5.74. The lowest BCUT2D eigenvalue weighted by Gasteiger charge is -2.40. The van der Waals surface area contributed by atoms with Crippen LogP contribution in [0.4, 0.5) is 0 Å². The molecule has 12 nitrogen and oxygen atoms in total. The van der Waals surface area contributed by atoms with E-state index in [1.165, 1.54) is 109 Å². The molecule has 0 aromatic carbocycles. The van der Waals surface area contributed by atoms with Crippen LogP contribution in [0.1, 0.15) is 265 Å². The molecule has 0 saturated carbocycles. The Morgan fingerprint density at radius 1 is 0.466 bits per heavy atom. The average Bonchev–Trinajstić information content (AvgIpc) is 3.37. The van der Waals surface area contributed by atoms with Crippen LogP contribution < -0.4 is 0 Å². The van der Waals surface area contributed by atoms with Crippen molar-refractivity contribution in [1.82, 2.24) is 0 Å². The third-order valence-corrected chi connectivity index (χ3v) is 13.4. The number of carbonyl (C=O) groups excluding carboxylic acids is 3. The molecule has 1 rings (SSSR count). The van der Waals surface area contributed by atoms with Crippen molar-refractivity contribution in [3.05, 3.63) is 48.6 Å². The van der Waals surface area contributed by atoms with Crippen LogP contribution in [-0.2, 0) is 42.9 Å². The zero-order valence-corrected chi connectivity index (χ0v) is 46.4. The van der Waals surface area contributed by atoms with Gasteiger partial charge in [-0.25, -0.2) is 4.79 Å². The van der Waals surface area contributed by atoms with Crippen molar-refractivity contribution in [2.45, 2.75) is 302 Å². The molecular weight excluding hydrogens is 925 g/mol. The predicted octanol–water partition coefficient (Wildman–Crippen LogP) is 15.0. The van der Waals surface area contributed by atoms with E-state index < -0.39 is 67.3 Å². The van der Waals surface area contributed by atoms with E-state index in [2.05, 4.69) is 69.4 Å². The molecule has 0 aromatic rings. The normalized spacial score (nSPS) is 18.6. The third kappa shape index (κ3) is 39.7. The van der Waals surface area contributed by atoms with Gasteiger partial charge in [-0.1, -0.05) is 236 Å².